The smallest absolute Gasteiger partial charge is 0.260 e. The minimum absolute atomic E-state index is 0.0306. The highest BCUT2D eigenvalue weighted by molar-refractivity contribution is 7.99. The molecule has 1 heterocycles. The molecule has 7 heteroatoms. The van der Waals surface area contributed by atoms with Crippen molar-refractivity contribution in [1.82, 2.24) is 9.88 Å². The molecule has 1 amide bonds. The lowest BCUT2D eigenvalue weighted by Crippen LogP contribution is -2.36. The van der Waals surface area contributed by atoms with E-state index in [4.69, 9.17) is 9.72 Å². The van der Waals surface area contributed by atoms with Crippen LogP contribution in [0.4, 0.5) is 5.13 Å². The van der Waals surface area contributed by atoms with E-state index >= 15 is 0 Å². The van der Waals surface area contributed by atoms with Crippen molar-refractivity contribution in [3.05, 3.63) is 48.0 Å². The second-order valence-corrected chi connectivity index (χ2v) is 9.10. The zero-order chi connectivity index (χ0) is 20.8. The Bertz CT molecular complexity index is 954. The number of amides is 1. The summed E-state index contributed by atoms with van der Waals surface area (Å²) in [6, 6.07) is 13.7. The molecule has 0 radical (unpaired) electrons. The third-order valence-corrected chi connectivity index (χ3v) is 6.27. The Hall–Kier alpha value is -2.09. The molecule has 0 atom stereocenters. The maximum atomic E-state index is 13.4. The summed E-state index contributed by atoms with van der Waals surface area (Å²) >= 11 is 3.29. The Labute approximate surface area is 180 Å². The Balaban J connectivity index is 1.95. The van der Waals surface area contributed by atoms with Gasteiger partial charge in [0.25, 0.3) is 5.91 Å². The van der Waals surface area contributed by atoms with Gasteiger partial charge in [0.1, 0.15) is 11.3 Å². The summed E-state index contributed by atoms with van der Waals surface area (Å²) in [6.45, 7) is 5.98. The standard InChI is InChI=1S/C22H27N3O2S2/c1-5-27-18-8-7-9-19-20(18)23-22(29-19)25(15-14-24(3)4)21(26)16-10-12-17(13-11-16)28-6-2/h7-13H,5-6,14-15H2,1-4H3. The van der Waals surface area contributed by atoms with Crippen LogP contribution in [0.3, 0.4) is 0 Å². The quantitative estimate of drug-likeness (QED) is 0.447. The molecular weight excluding hydrogens is 402 g/mol. The molecule has 3 aromatic rings. The minimum atomic E-state index is -0.0306. The summed E-state index contributed by atoms with van der Waals surface area (Å²) in [6.07, 6.45) is 0. The molecule has 29 heavy (non-hydrogen) atoms. The number of hydrogen-bond donors (Lipinski definition) is 0. The van der Waals surface area contributed by atoms with Gasteiger partial charge in [-0.05, 0) is 63.2 Å². The Morgan fingerprint density at radius 1 is 1.10 bits per heavy atom. The number of thiazole rings is 1. The topological polar surface area (TPSA) is 45.7 Å². The summed E-state index contributed by atoms with van der Waals surface area (Å²) in [7, 11) is 4.01. The van der Waals surface area contributed by atoms with E-state index in [-0.39, 0.29) is 5.91 Å². The van der Waals surface area contributed by atoms with Gasteiger partial charge in [0.2, 0.25) is 0 Å². The van der Waals surface area contributed by atoms with Gasteiger partial charge in [0.15, 0.2) is 5.13 Å². The van der Waals surface area contributed by atoms with Crippen molar-refractivity contribution in [1.29, 1.82) is 0 Å². The Morgan fingerprint density at radius 2 is 1.86 bits per heavy atom. The molecule has 3 rings (SSSR count). The number of anilines is 1. The third-order valence-electron chi connectivity index (χ3n) is 4.33. The largest absolute Gasteiger partial charge is 0.492 e. The number of thioether (sulfide) groups is 1. The minimum Gasteiger partial charge on any atom is -0.492 e. The summed E-state index contributed by atoms with van der Waals surface area (Å²) in [4.78, 5) is 23.2. The predicted octanol–water partition coefficient (Wildman–Crippen LogP) is 5.02. The first kappa shape index (κ1) is 21.6. The average Bonchev–Trinajstić information content (AvgIpc) is 3.14. The van der Waals surface area contributed by atoms with Gasteiger partial charge in [-0.1, -0.05) is 24.3 Å². The lowest BCUT2D eigenvalue weighted by atomic mass is 10.2. The number of likely N-dealkylation sites (N-methyl/N-ethyl adjacent to an activating group) is 1. The maximum absolute atomic E-state index is 13.4. The molecule has 0 saturated heterocycles. The van der Waals surface area contributed by atoms with Gasteiger partial charge in [-0.15, -0.1) is 11.8 Å². The summed E-state index contributed by atoms with van der Waals surface area (Å²) in [5, 5.41) is 0.700. The van der Waals surface area contributed by atoms with Crippen molar-refractivity contribution >= 4 is 44.4 Å². The first-order chi connectivity index (χ1) is 14.0. The van der Waals surface area contributed by atoms with Crippen LogP contribution in [0.1, 0.15) is 24.2 Å². The van der Waals surface area contributed by atoms with Crippen LogP contribution in [0.15, 0.2) is 47.4 Å². The van der Waals surface area contributed by atoms with Gasteiger partial charge >= 0.3 is 0 Å². The van der Waals surface area contributed by atoms with Gasteiger partial charge in [-0.2, -0.15) is 0 Å². The number of para-hydroxylation sites is 1. The van der Waals surface area contributed by atoms with Crippen molar-refractivity contribution in [3.8, 4) is 5.75 Å². The van der Waals surface area contributed by atoms with Crippen LogP contribution < -0.4 is 9.64 Å². The molecule has 2 aromatic carbocycles. The number of carbonyl (C=O) groups is 1. The Kier molecular flexibility index (Phi) is 7.52. The molecule has 154 valence electrons. The Morgan fingerprint density at radius 3 is 2.52 bits per heavy atom. The fourth-order valence-corrected chi connectivity index (χ4v) is 4.57. The molecule has 0 saturated carbocycles. The van der Waals surface area contributed by atoms with E-state index in [9.17, 15) is 4.79 Å². The highest BCUT2D eigenvalue weighted by atomic mass is 32.2. The first-order valence-electron chi connectivity index (χ1n) is 9.75. The fourth-order valence-electron chi connectivity index (χ4n) is 2.90. The highest BCUT2D eigenvalue weighted by Gasteiger charge is 2.22. The molecule has 0 unspecified atom stereocenters. The number of aromatic nitrogens is 1. The maximum Gasteiger partial charge on any atom is 0.260 e. The number of ether oxygens (including phenoxy) is 1. The number of benzene rings is 2. The number of rotatable bonds is 9. The van der Waals surface area contributed by atoms with E-state index in [1.54, 1.807) is 16.7 Å². The van der Waals surface area contributed by atoms with Crippen molar-refractivity contribution in [3.63, 3.8) is 0 Å². The summed E-state index contributed by atoms with van der Waals surface area (Å²) < 4.78 is 6.74. The summed E-state index contributed by atoms with van der Waals surface area (Å²) in [5.41, 5.74) is 1.49. The van der Waals surface area contributed by atoms with Crippen molar-refractivity contribution in [2.24, 2.45) is 0 Å². The second kappa shape index (κ2) is 10.1. The second-order valence-electron chi connectivity index (χ2n) is 6.75. The van der Waals surface area contributed by atoms with Crippen molar-refractivity contribution < 1.29 is 9.53 Å². The molecular formula is C22H27N3O2S2. The lowest BCUT2D eigenvalue weighted by molar-refractivity contribution is 0.0985. The molecule has 0 N–H and O–H groups in total. The van der Waals surface area contributed by atoms with E-state index in [2.05, 4.69) is 11.8 Å². The molecule has 1 aromatic heterocycles. The van der Waals surface area contributed by atoms with Crippen LogP contribution in [0, 0.1) is 0 Å². The van der Waals surface area contributed by atoms with Gasteiger partial charge in [0.05, 0.1) is 11.3 Å². The van der Waals surface area contributed by atoms with Crippen LogP contribution in [0.2, 0.25) is 0 Å². The van der Waals surface area contributed by atoms with E-state index in [0.29, 0.717) is 23.8 Å². The van der Waals surface area contributed by atoms with Gasteiger partial charge < -0.3 is 9.64 Å². The summed E-state index contributed by atoms with van der Waals surface area (Å²) in [5.74, 6) is 1.74. The average molecular weight is 430 g/mol. The molecule has 0 aliphatic rings. The van der Waals surface area contributed by atoms with E-state index in [0.717, 1.165) is 28.3 Å². The molecule has 0 bridgehead atoms. The van der Waals surface area contributed by atoms with E-state index in [1.807, 2.05) is 63.5 Å². The van der Waals surface area contributed by atoms with Gasteiger partial charge in [-0.3, -0.25) is 9.69 Å². The highest BCUT2D eigenvalue weighted by Crippen LogP contribution is 2.34. The molecule has 0 spiro atoms. The predicted molar refractivity (Wildman–Crippen MR) is 124 cm³/mol. The zero-order valence-electron chi connectivity index (χ0n) is 17.3. The number of nitrogens with zero attached hydrogens (tertiary/aromatic N) is 3. The SMILES string of the molecule is CCOc1cccc2sc(N(CCN(C)C)C(=O)c3ccc(SCC)cc3)nc12. The van der Waals surface area contributed by atoms with Crippen molar-refractivity contribution in [2.45, 2.75) is 18.7 Å². The monoisotopic (exact) mass is 429 g/mol. The van der Waals surface area contributed by atoms with E-state index < -0.39 is 0 Å². The van der Waals surface area contributed by atoms with Crippen LogP contribution in [-0.4, -0.2) is 55.3 Å². The first-order valence-corrected chi connectivity index (χ1v) is 11.6. The normalized spacial score (nSPS) is 11.2. The number of hydrogen-bond acceptors (Lipinski definition) is 6. The fraction of sp³-hybridized carbons (Fsp3) is 0.364. The van der Waals surface area contributed by atoms with Crippen LogP contribution in [-0.2, 0) is 0 Å². The molecule has 0 fully saturated rings. The number of carbonyl (C=O) groups excluding carboxylic acids is 1. The molecule has 0 aliphatic carbocycles. The third kappa shape index (κ3) is 5.29. The van der Waals surface area contributed by atoms with Crippen LogP contribution in [0.25, 0.3) is 10.2 Å². The van der Waals surface area contributed by atoms with E-state index in [1.165, 1.54) is 16.2 Å². The van der Waals surface area contributed by atoms with Crippen LogP contribution >= 0.6 is 23.1 Å². The zero-order valence-corrected chi connectivity index (χ0v) is 19.0. The number of fused-ring (bicyclic) bond motifs is 1. The molecule has 5 nitrogen and oxygen atoms in total. The van der Waals surface area contributed by atoms with Crippen LogP contribution in [0.5, 0.6) is 5.75 Å². The lowest BCUT2D eigenvalue weighted by Gasteiger charge is -2.22. The molecule has 0 aliphatic heterocycles. The van der Waals surface area contributed by atoms with Gasteiger partial charge in [-0.25, -0.2) is 4.98 Å². The van der Waals surface area contributed by atoms with Crippen molar-refractivity contribution in [2.75, 3.05) is 44.4 Å². The van der Waals surface area contributed by atoms with Gasteiger partial charge in [0, 0.05) is 23.5 Å².